The Balaban J connectivity index is 1.18. The van der Waals surface area contributed by atoms with Gasteiger partial charge in [0.15, 0.2) is 5.79 Å². The van der Waals surface area contributed by atoms with Crippen LogP contribution < -0.4 is 5.32 Å². The van der Waals surface area contributed by atoms with Gasteiger partial charge in [0, 0.05) is 24.8 Å². The second-order valence-corrected chi connectivity index (χ2v) is 9.43. The second kappa shape index (κ2) is 5.70. The van der Waals surface area contributed by atoms with Crippen molar-refractivity contribution in [3.05, 3.63) is 0 Å². The molecule has 4 bridgehead atoms. The average molecular weight is 333 g/mol. The van der Waals surface area contributed by atoms with Crippen molar-refractivity contribution in [2.75, 3.05) is 13.2 Å². The summed E-state index contributed by atoms with van der Waals surface area (Å²) in [4.78, 5) is 13.0. The fourth-order valence-corrected chi connectivity index (χ4v) is 6.85. The van der Waals surface area contributed by atoms with E-state index >= 15 is 0 Å². The molecule has 1 spiro atoms. The zero-order chi connectivity index (χ0) is 16.2. The van der Waals surface area contributed by atoms with Gasteiger partial charge in [-0.05, 0) is 69.1 Å². The normalized spacial score (nSPS) is 45.7. The standard InChI is InChI=1S/C20H31NO3/c22-18(19-9-14-6-15(10-19)8-16(7-14)11-19)21-12-17-13-23-20(24-17)4-2-1-3-5-20/h14-17H,1-13H2,(H,21,22)/t14?,15?,16?,17-,19?/m1/s1. The quantitative estimate of drug-likeness (QED) is 0.861. The van der Waals surface area contributed by atoms with Crippen molar-refractivity contribution in [1.29, 1.82) is 0 Å². The van der Waals surface area contributed by atoms with E-state index < -0.39 is 0 Å². The third-order valence-corrected chi connectivity index (χ3v) is 7.54. The van der Waals surface area contributed by atoms with E-state index in [1.807, 2.05) is 0 Å². The van der Waals surface area contributed by atoms with E-state index in [4.69, 9.17) is 9.47 Å². The first-order valence-electron chi connectivity index (χ1n) is 10.2. The number of rotatable bonds is 3. The Bertz CT molecular complexity index is 476. The van der Waals surface area contributed by atoms with Crippen molar-refractivity contribution in [3.8, 4) is 0 Å². The highest BCUT2D eigenvalue weighted by Gasteiger charge is 2.54. The first-order valence-corrected chi connectivity index (χ1v) is 10.2. The summed E-state index contributed by atoms with van der Waals surface area (Å²) in [6.45, 7) is 1.27. The van der Waals surface area contributed by atoms with Crippen LogP contribution in [0.4, 0.5) is 0 Å². The summed E-state index contributed by atoms with van der Waals surface area (Å²) in [7, 11) is 0. The largest absolute Gasteiger partial charge is 0.353 e. The third-order valence-electron chi connectivity index (χ3n) is 7.54. The van der Waals surface area contributed by atoms with Gasteiger partial charge in [-0.15, -0.1) is 0 Å². The highest BCUT2D eigenvalue weighted by Crippen LogP contribution is 2.60. The molecule has 0 radical (unpaired) electrons. The number of carbonyl (C=O) groups is 1. The molecular formula is C20H31NO3. The van der Waals surface area contributed by atoms with Gasteiger partial charge in [-0.25, -0.2) is 0 Å². The van der Waals surface area contributed by atoms with Gasteiger partial charge >= 0.3 is 0 Å². The van der Waals surface area contributed by atoms with Gasteiger partial charge in [-0.2, -0.15) is 0 Å². The van der Waals surface area contributed by atoms with Gasteiger partial charge in [-0.1, -0.05) is 6.42 Å². The van der Waals surface area contributed by atoms with E-state index in [1.165, 1.54) is 38.5 Å². The lowest BCUT2D eigenvalue weighted by atomic mass is 9.49. The van der Waals surface area contributed by atoms with Crippen LogP contribution in [0.5, 0.6) is 0 Å². The van der Waals surface area contributed by atoms with Crippen LogP contribution in [0.3, 0.4) is 0 Å². The Labute approximate surface area is 145 Å². The summed E-state index contributed by atoms with van der Waals surface area (Å²) < 4.78 is 12.2. The van der Waals surface area contributed by atoms with E-state index in [0.29, 0.717) is 19.1 Å². The molecule has 0 aromatic carbocycles. The molecule has 4 heteroatoms. The molecule has 1 saturated heterocycles. The summed E-state index contributed by atoms with van der Waals surface area (Å²) in [5.74, 6) is 2.44. The van der Waals surface area contributed by atoms with E-state index in [9.17, 15) is 4.79 Å². The molecule has 1 aliphatic heterocycles. The molecule has 4 nitrogen and oxygen atoms in total. The molecule has 24 heavy (non-hydrogen) atoms. The van der Waals surface area contributed by atoms with E-state index in [-0.39, 0.29) is 17.3 Å². The minimum Gasteiger partial charge on any atom is -0.353 e. The first-order chi connectivity index (χ1) is 11.6. The zero-order valence-corrected chi connectivity index (χ0v) is 14.7. The summed E-state index contributed by atoms with van der Waals surface area (Å²) >= 11 is 0. The maximum Gasteiger partial charge on any atom is 0.226 e. The van der Waals surface area contributed by atoms with Crippen LogP contribution in [0.25, 0.3) is 0 Å². The number of nitrogens with one attached hydrogen (secondary N) is 1. The van der Waals surface area contributed by atoms with Gasteiger partial charge in [-0.3, -0.25) is 4.79 Å². The van der Waals surface area contributed by atoms with Crippen molar-refractivity contribution in [2.24, 2.45) is 23.2 Å². The lowest BCUT2D eigenvalue weighted by Crippen LogP contribution is -2.54. The number of hydrogen-bond acceptors (Lipinski definition) is 3. The lowest BCUT2D eigenvalue weighted by Gasteiger charge is -2.55. The second-order valence-electron chi connectivity index (χ2n) is 9.43. The average Bonchev–Trinajstić information content (AvgIpc) is 2.94. The Morgan fingerprint density at radius 3 is 2.21 bits per heavy atom. The summed E-state index contributed by atoms with van der Waals surface area (Å²) in [6, 6.07) is 0. The van der Waals surface area contributed by atoms with Crippen LogP contribution in [0, 0.1) is 23.2 Å². The molecule has 1 atom stereocenters. The Morgan fingerprint density at radius 2 is 1.58 bits per heavy atom. The molecule has 6 aliphatic rings. The highest BCUT2D eigenvalue weighted by atomic mass is 16.7. The molecule has 6 fully saturated rings. The number of amides is 1. The van der Waals surface area contributed by atoms with E-state index in [0.717, 1.165) is 49.9 Å². The summed E-state index contributed by atoms with van der Waals surface area (Å²) in [5.41, 5.74) is -0.0449. The minimum absolute atomic E-state index is 0.0426. The Kier molecular flexibility index (Phi) is 3.71. The highest BCUT2D eigenvalue weighted by molar-refractivity contribution is 5.83. The van der Waals surface area contributed by atoms with Gasteiger partial charge in [0.25, 0.3) is 0 Å². The predicted molar refractivity (Wildman–Crippen MR) is 90.3 cm³/mol. The number of hydrogen-bond donors (Lipinski definition) is 1. The molecule has 134 valence electrons. The van der Waals surface area contributed by atoms with Gasteiger partial charge in [0.1, 0.15) is 6.10 Å². The molecular weight excluding hydrogens is 302 g/mol. The Morgan fingerprint density at radius 1 is 0.958 bits per heavy atom. The molecule has 0 unspecified atom stereocenters. The van der Waals surface area contributed by atoms with E-state index in [2.05, 4.69) is 5.32 Å². The topological polar surface area (TPSA) is 47.6 Å². The fourth-order valence-electron chi connectivity index (χ4n) is 6.85. The molecule has 0 aromatic heterocycles. The predicted octanol–water partition coefficient (Wildman–Crippen LogP) is 3.39. The zero-order valence-electron chi connectivity index (χ0n) is 14.7. The maximum atomic E-state index is 13.0. The van der Waals surface area contributed by atoms with Crippen LogP contribution >= 0.6 is 0 Å². The molecule has 5 aliphatic carbocycles. The van der Waals surface area contributed by atoms with Crippen molar-refractivity contribution in [3.63, 3.8) is 0 Å². The smallest absolute Gasteiger partial charge is 0.226 e. The maximum absolute atomic E-state index is 13.0. The SMILES string of the molecule is O=C(NC[C@@H]1COC2(CCCCC2)O1)C12CC3CC(CC(C3)C1)C2. The first kappa shape index (κ1) is 15.6. The van der Waals surface area contributed by atoms with Crippen LogP contribution in [0.1, 0.15) is 70.6 Å². The number of ether oxygens (including phenoxy) is 2. The lowest BCUT2D eigenvalue weighted by molar-refractivity contribution is -0.187. The van der Waals surface area contributed by atoms with Crippen molar-refractivity contribution < 1.29 is 14.3 Å². The fraction of sp³-hybridized carbons (Fsp3) is 0.950. The molecule has 6 rings (SSSR count). The Hall–Kier alpha value is -0.610. The third kappa shape index (κ3) is 2.61. The van der Waals surface area contributed by atoms with Crippen molar-refractivity contribution in [1.82, 2.24) is 5.32 Å². The van der Waals surface area contributed by atoms with Crippen molar-refractivity contribution >= 4 is 5.91 Å². The monoisotopic (exact) mass is 333 g/mol. The van der Waals surface area contributed by atoms with Gasteiger partial charge in [0.2, 0.25) is 5.91 Å². The van der Waals surface area contributed by atoms with Gasteiger partial charge in [0.05, 0.1) is 6.61 Å². The van der Waals surface area contributed by atoms with Crippen LogP contribution in [-0.4, -0.2) is 30.9 Å². The van der Waals surface area contributed by atoms with Gasteiger partial charge < -0.3 is 14.8 Å². The molecule has 5 saturated carbocycles. The number of carbonyl (C=O) groups excluding carboxylic acids is 1. The molecule has 0 aromatic rings. The summed E-state index contributed by atoms with van der Waals surface area (Å²) in [5, 5.41) is 3.26. The van der Waals surface area contributed by atoms with Crippen LogP contribution in [-0.2, 0) is 14.3 Å². The molecule has 1 heterocycles. The minimum atomic E-state index is -0.325. The van der Waals surface area contributed by atoms with Crippen molar-refractivity contribution in [2.45, 2.75) is 82.5 Å². The van der Waals surface area contributed by atoms with Crippen LogP contribution in [0.2, 0.25) is 0 Å². The molecule has 1 amide bonds. The summed E-state index contributed by atoms with van der Waals surface area (Å²) in [6.07, 6.45) is 13.3. The van der Waals surface area contributed by atoms with Crippen LogP contribution in [0.15, 0.2) is 0 Å². The van der Waals surface area contributed by atoms with E-state index in [1.54, 1.807) is 0 Å². The molecule has 1 N–H and O–H groups in total.